The molecule has 0 spiro atoms. The summed E-state index contributed by atoms with van der Waals surface area (Å²) in [7, 11) is -3.68. The van der Waals surface area contributed by atoms with Gasteiger partial charge in [-0.15, -0.1) is 0 Å². The molecular weight excluding hydrogens is 318 g/mol. The van der Waals surface area contributed by atoms with Crippen LogP contribution in [0.4, 0.5) is 5.69 Å². The van der Waals surface area contributed by atoms with E-state index in [1.54, 1.807) is 24.3 Å². The van der Waals surface area contributed by atoms with Gasteiger partial charge in [0, 0.05) is 4.47 Å². The largest absolute Gasteiger partial charge is 0.506 e. The van der Waals surface area contributed by atoms with Crippen molar-refractivity contribution in [2.75, 3.05) is 4.72 Å². The van der Waals surface area contributed by atoms with Crippen LogP contribution < -0.4 is 4.72 Å². The minimum Gasteiger partial charge on any atom is -0.506 e. The summed E-state index contributed by atoms with van der Waals surface area (Å²) in [5.74, 6) is -0.127. The van der Waals surface area contributed by atoms with Crippen LogP contribution in [0, 0.1) is 0 Å². The van der Waals surface area contributed by atoms with Crippen LogP contribution in [-0.2, 0) is 10.0 Å². The Balaban J connectivity index is 2.37. The quantitative estimate of drug-likeness (QED) is 0.852. The average molecular weight is 328 g/mol. The maximum atomic E-state index is 12.0. The molecule has 0 radical (unpaired) electrons. The molecule has 0 heterocycles. The van der Waals surface area contributed by atoms with Gasteiger partial charge in [0.05, 0.1) is 10.6 Å². The second-order valence-corrected chi connectivity index (χ2v) is 6.18. The molecule has 0 aliphatic heterocycles. The second kappa shape index (κ2) is 4.99. The molecule has 2 N–H and O–H groups in total. The number of anilines is 1. The van der Waals surface area contributed by atoms with Crippen LogP contribution in [0.1, 0.15) is 0 Å². The van der Waals surface area contributed by atoms with E-state index in [4.69, 9.17) is 0 Å². The summed E-state index contributed by atoms with van der Waals surface area (Å²) in [6.07, 6.45) is 0. The number of phenolic OH excluding ortho intramolecular Hbond substituents is 1. The van der Waals surface area contributed by atoms with Crippen molar-refractivity contribution in [2.24, 2.45) is 0 Å². The number of halogens is 1. The Morgan fingerprint density at radius 3 is 2.39 bits per heavy atom. The zero-order valence-electron chi connectivity index (χ0n) is 9.17. The summed E-state index contributed by atoms with van der Waals surface area (Å²) >= 11 is 3.21. The average Bonchev–Trinajstić information content (AvgIpc) is 2.35. The van der Waals surface area contributed by atoms with Crippen molar-refractivity contribution in [3.8, 4) is 5.75 Å². The van der Waals surface area contributed by atoms with Crippen molar-refractivity contribution in [3.63, 3.8) is 0 Å². The number of hydrogen-bond acceptors (Lipinski definition) is 3. The molecular formula is C12H10BrNO3S. The molecule has 6 heteroatoms. The van der Waals surface area contributed by atoms with Crippen LogP contribution in [0.5, 0.6) is 5.75 Å². The van der Waals surface area contributed by atoms with Gasteiger partial charge in [-0.1, -0.05) is 34.1 Å². The molecule has 0 saturated heterocycles. The number of hydrogen-bond donors (Lipinski definition) is 2. The van der Waals surface area contributed by atoms with Crippen molar-refractivity contribution in [1.29, 1.82) is 0 Å². The lowest BCUT2D eigenvalue weighted by Crippen LogP contribution is -2.12. The lowest BCUT2D eigenvalue weighted by atomic mass is 10.3. The highest BCUT2D eigenvalue weighted by Crippen LogP contribution is 2.28. The lowest BCUT2D eigenvalue weighted by Gasteiger charge is -2.09. The van der Waals surface area contributed by atoms with E-state index in [0.29, 0.717) is 4.47 Å². The Bertz CT molecular complexity index is 656. The molecule has 0 fully saturated rings. The van der Waals surface area contributed by atoms with Crippen LogP contribution in [0.2, 0.25) is 0 Å². The first-order chi connectivity index (χ1) is 8.49. The number of nitrogens with one attached hydrogen (secondary N) is 1. The number of phenols is 1. The summed E-state index contributed by atoms with van der Waals surface area (Å²) in [5, 5.41) is 9.60. The van der Waals surface area contributed by atoms with Crippen LogP contribution in [-0.4, -0.2) is 13.5 Å². The van der Waals surface area contributed by atoms with Crippen molar-refractivity contribution in [1.82, 2.24) is 0 Å². The standard InChI is InChI=1S/C12H10BrNO3S/c13-9-6-7-12(15)11(8-9)14-18(16,17)10-4-2-1-3-5-10/h1-8,14-15H. The predicted octanol–water partition coefficient (Wildman–Crippen LogP) is 2.96. The van der Waals surface area contributed by atoms with Gasteiger partial charge in [-0.3, -0.25) is 4.72 Å². The van der Waals surface area contributed by atoms with Crippen LogP contribution >= 0.6 is 15.9 Å². The Kier molecular flexibility index (Phi) is 3.58. The molecule has 0 aromatic heterocycles. The monoisotopic (exact) mass is 327 g/mol. The third-order valence-corrected chi connectivity index (χ3v) is 4.13. The summed E-state index contributed by atoms with van der Waals surface area (Å²) in [5.41, 5.74) is 0.133. The predicted molar refractivity (Wildman–Crippen MR) is 73.1 cm³/mol. The third-order valence-electron chi connectivity index (χ3n) is 2.26. The fraction of sp³-hybridized carbons (Fsp3) is 0. The van der Waals surface area contributed by atoms with Gasteiger partial charge in [-0.2, -0.15) is 0 Å². The molecule has 0 bridgehead atoms. The molecule has 4 nitrogen and oxygen atoms in total. The SMILES string of the molecule is O=S(=O)(Nc1cc(Br)ccc1O)c1ccccc1. The molecule has 94 valence electrons. The molecule has 0 amide bonds. The Morgan fingerprint density at radius 1 is 1.06 bits per heavy atom. The van der Waals surface area contributed by atoms with Crippen molar-refractivity contribution < 1.29 is 13.5 Å². The van der Waals surface area contributed by atoms with Crippen molar-refractivity contribution in [2.45, 2.75) is 4.90 Å². The fourth-order valence-electron chi connectivity index (χ4n) is 1.39. The summed E-state index contributed by atoms with van der Waals surface area (Å²) in [4.78, 5) is 0.143. The number of benzene rings is 2. The Labute approximate surface area is 113 Å². The molecule has 18 heavy (non-hydrogen) atoms. The first kappa shape index (κ1) is 12.9. The van der Waals surface area contributed by atoms with Crippen molar-refractivity contribution >= 4 is 31.6 Å². The summed E-state index contributed by atoms with van der Waals surface area (Å²) in [6.45, 7) is 0. The van der Waals surface area contributed by atoms with E-state index < -0.39 is 10.0 Å². The lowest BCUT2D eigenvalue weighted by molar-refractivity contribution is 0.477. The number of aromatic hydroxyl groups is 1. The van der Waals surface area contributed by atoms with E-state index in [1.807, 2.05) is 0 Å². The molecule has 0 unspecified atom stereocenters. The highest BCUT2D eigenvalue weighted by molar-refractivity contribution is 9.10. The van der Waals surface area contributed by atoms with Gasteiger partial charge in [-0.05, 0) is 30.3 Å². The zero-order valence-corrected chi connectivity index (χ0v) is 11.6. The van der Waals surface area contributed by atoms with Gasteiger partial charge >= 0.3 is 0 Å². The van der Waals surface area contributed by atoms with E-state index in [0.717, 1.165) is 0 Å². The van der Waals surface area contributed by atoms with Gasteiger partial charge in [0.25, 0.3) is 10.0 Å². The van der Waals surface area contributed by atoms with Gasteiger partial charge in [0.2, 0.25) is 0 Å². The minimum absolute atomic E-state index is 0.127. The summed E-state index contributed by atoms with van der Waals surface area (Å²) < 4.78 is 27.1. The molecule has 0 atom stereocenters. The van der Waals surface area contributed by atoms with E-state index in [1.165, 1.54) is 24.3 Å². The molecule has 0 saturated carbocycles. The van der Waals surface area contributed by atoms with Gasteiger partial charge in [0.1, 0.15) is 5.75 Å². The fourth-order valence-corrected chi connectivity index (χ4v) is 2.84. The third kappa shape index (κ3) is 2.83. The summed E-state index contributed by atoms with van der Waals surface area (Å²) in [6, 6.07) is 12.5. The smallest absolute Gasteiger partial charge is 0.262 e. The van der Waals surface area contributed by atoms with Gasteiger partial charge in [-0.25, -0.2) is 8.42 Å². The van der Waals surface area contributed by atoms with E-state index >= 15 is 0 Å². The zero-order chi connectivity index (χ0) is 13.2. The maximum Gasteiger partial charge on any atom is 0.262 e. The highest BCUT2D eigenvalue weighted by Gasteiger charge is 2.15. The molecule has 2 aromatic carbocycles. The van der Waals surface area contributed by atoms with Gasteiger partial charge < -0.3 is 5.11 Å². The highest BCUT2D eigenvalue weighted by atomic mass is 79.9. The number of rotatable bonds is 3. The Morgan fingerprint density at radius 2 is 1.72 bits per heavy atom. The normalized spacial score (nSPS) is 11.2. The van der Waals surface area contributed by atoms with Crippen molar-refractivity contribution in [3.05, 3.63) is 53.0 Å². The van der Waals surface area contributed by atoms with Crippen LogP contribution in [0.15, 0.2) is 57.9 Å². The first-order valence-corrected chi connectivity index (χ1v) is 7.33. The van der Waals surface area contributed by atoms with E-state index in [9.17, 15) is 13.5 Å². The topological polar surface area (TPSA) is 66.4 Å². The van der Waals surface area contributed by atoms with Gasteiger partial charge in [0.15, 0.2) is 0 Å². The minimum atomic E-state index is -3.68. The Hall–Kier alpha value is -1.53. The molecule has 2 aromatic rings. The van der Waals surface area contributed by atoms with E-state index in [2.05, 4.69) is 20.7 Å². The molecule has 2 rings (SSSR count). The molecule has 0 aliphatic rings. The van der Waals surface area contributed by atoms with E-state index in [-0.39, 0.29) is 16.3 Å². The number of sulfonamides is 1. The van der Waals surface area contributed by atoms with Crippen LogP contribution in [0.25, 0.3) is 0 Å². The maximum absolute atomic E-state index is 12.0. The van der Waals surface area contributed by atoms with Crippen LogP contribution in [0.3, 0.4) is 0 Å². The molecule has 0 aliphatic carbocycles. The first-order valence-electron chi connectivity index (χ1n) is 5.05. The second-order valence-electron chi connectivity index (χ2n) is 3.58.